The summed E-state index contributed by atoms with van der Waals surface area (Å²) in [7, 11) is 0. The summed E-state index contributed by atoms with van der Waals surface area (Å²) in [5.74, 6) is -1.08. The number of carboxylic acids is 1. The van der Waals surface area contributed by atoms with E-state index in [9.17, 15) is 14.7 Å². The van der Waals surface area contributed by atoms with Gasteiger partial charge in [-0.15, -0.1) is 11.3 Å². The monoisotopic (exact) mass is 434 g/mol. The Kier molecular flexibility index (Phi) is 5.40. The number of hydrogen-bond acceptors (Lipinski definition) is 4. The Morgan fingerprint density at radius 1 is 0.967 bits per heavy atom. The number of hydrogen-bond donors (Lipinski definition) is 2. The molecular formula is C24H15ClO4S. The molecule has 4 nitrogen and oxygen atoms in total. The maximum Gasteiger partial charge on any atom is 0.328 e. The van der Waals surface area contributed by atoms with Crippen molar-refractivity contribution in [3.05, 3.63) is 93.8 Å². The third-order valence-corrected chi connectivity index (χ3v) is 6.10. The highest BCUT2D eigenvalue weighted by atomic mass is 35.5. The van der Waals surface area contributed by atoms with Crippen LogP contribution in [-0.2, 0) is 4.79 Å². The zero-order valence-corrected chi connectivity index (χ0v) is 17.1. The molecule has 6 heteroatoms. The molecule has 0 atom stereocenters. The van der Waals surface area contributed by atoms with E-state index in [2.05, 4.69) is 0 Å². The molecule has 4 rings (SSSR count). The van der Waals surface area contributed by atoms with Crippen LogP contribution in [0.2, 0.25) is 5.02 Å². The summed E-state index contributed by atoms with van der Waals surface area (Å²) < 4.78 is 0.787. The van der Waals surface area contributed by atoms with E-state index in [1.165, 1.54) is 17.4 Å². The molecule has 148 valence electrons. The molecule has 0 unspecified atom stereocenters. The summed E-state index contributed by atoms with van der Waals surface area (Å²) in [5.41, 5.74) is 2.72. The number of rotatable bonds is 5. The fraction of sp³-hybridized carbons (Fsp3) is 0. The molecule has 3 aromatic carbocycles. The van der Waals surface area contributed by atoms with Crippen LogP contribution < -0.4 is 0 Å². The number of phenolic OH excluding ortho intramolecular Hbond substituents is 1. The number of fused-ring (bicyclic) bond motifs is 1. The molecule has 1 heterocycles. The van der Waals surface area contributed by atoms with Crippen molar-refractivity contribution >= 4 is 50.9 Å². The molecule has 0 aliphatic rings. The average molecular weight is 435 g/mol. The maximum absolute atomic E-state index is 13.3. The Balaban J connectivity index is 1.88. The fourth-order valence-corrected chi connectivity index (χ4v) is 4.66. The second-order valence-corrected chi connectivity index (χ2v) is 8.05. The Bertz CT molecular complexity index is 1300. The van der Waals surface area contributed by atoms with Crippen LogP contribution in [0.3, 0.4) is 0 Å². The molecule has 0 saturated heterocycles. The first-order chi connectivity index (χ1) is 14.4. The largest absolute Gasteiger partial charge is 0.508 e. The highest BCUT2D eigenvalue weighted by molar-refractivity contribution is 7.21. The van der Waals surface area contributed by atoms with Crippen LogP contribution in [-0.4, -0.2) is 22.0 Å². The topological polar surface area (TPSA) is 74.6 Å². The zero-order chi connectivity index (χ0) is 21.3. The zero-order valence-electron chi connectivity index (χ0n) is 15.5. The molecule has 1 aromatic heterocycles. The highest BCUT2D eigenvalue weighted by Gasteiger charge is 2.22. The molecule has 4 aromatic rings. The molecule has 2 N–H and O–H groups in total. The van der Waals surface area contributed by atoms with Crippen LogP contribution in [0, 0.1) is 0 Å². The first-order valence-electron chi connectivity index (χ1n) is 9.00. The van der Waals surface area contributed by atoms with Gasteiger partial charge in [-0.2, -0.15) is 0 Å². The molecule has 0 aliphatic carbocycles. The number of halogens is 1. The number of thiophene rings is 1. The Hall–Kier alpha value is -3.41. The lowest BCUT2D eigenvalue weighted by atomic mass is 9.97. The lowest BCUT2D eigenvalue weighted by Gasteiger charge is -2.07. The molecule has 0 fully saturated rings. The van der Waals surface area contributed by atoms with E-state index in [1.54, 1.807) is 54.6 Å². The summed E-state index contributed by atoms with van der Waals surface area (Å²) in [6, 6.07) is 19.2. The Morgan fingerprint density at radius 2 is 1.70 bits per heavy atom. The predicted octanol–water partition coefficient (Wildman–Crippen LogP) is 6.26. The van der Waals surface area contributed by atoms with Gasteiger partial charge < -0.3 is 10.2 Å². The molecule has 0 radical (unpaired) electrons. The van der Waals surface area contributed by atoms with Gasteiger partial charge in [0, 0.05) is 27.3 Å². The summed E-state index contributed by atoms with van der Waals surface area (Å²) in [4.78, 5) is 24.6. The number of aromatic hydroxyl groups is 1. The summed E-state index contributed by atoms with van der Waals surface area (Å²) >= 11 is 7.56. The van der Waals surface area contributed by atoms with Crippen molar-refractivity contribution in [2.75, 3.05) is 0 Å². The van der Waals surface area contributed by atoms with Gasteiger partial charge in [-0.25, -0.2) is 4.79 Å². The van der Waals surface area contributed by atoms with Crippen LogP contribution in [0.1, 0.15) is 20.8 Å². The lowest BCUT2D eigenvalue weighted by molar-refractivity contribution is -0.131. The van der Waals surface area contributed by atoms with Gasteiger partial charge >= 0.3 is 5.97 Å². The second-order valence-electron chi connectivity index (χ2n) is 6.59. The first-order valence-corrected chi connectivity index (χ1v) is 10.2. The van der Waals surface area contributed by atoms with E-state index >= 15 is 0 Å². The SMILES string of the molecule is O=C(O)/C=C/c1ccc(-c2c(C(=O)c3ccccc3Cl)sc3cc(O)ccc23)cc1. The number of phenols is 1. The van der Waals surface area contributed by atoms with Crippen molar-refractivity contribution in [2.45, 2.75) is 0 Å². The van der Waals surface area contributed by atoms with Gasteiger partial charge in [-0.05, 0) is 47.5 Å². The van der Waals surface area contributed by atoms with E-state index in [0.29, 0.717) is 15.5 Å². The van der Waals surface area contributed by atoms with Crippen molar-refractivity contribution in [2.24, 2.45) is 0 Å². The lowest BCUT2D eigenvalue weighted by Crippen LogP contribution is -2.01. The van der Waals surface area contributed by atoms with Gasteiger partial charge in [0.25, 0.3) is 0 Å². The first kappa shape index (κ1) is 19.9. The van der Waals surface area contributed by atoms with Gasteiger partial charge in [0.15, 0.2) is 0 Å². The highest BCUT2D eigenvalue weighted by Crippen LogP contribution is 2.41. The van der Waals surface area contributed by atoms with Crippen molar-refractivity contribution in [1.82, 2.24) is 0 Å². The standard InChI is InChI=1S/C24H15ClO4S/c25-19-4-2-1-3-17(19)23(29)24-22(18-11-10-16(26)13-20(18)30-24)15-8-5-14(6-9-15)7-12-21(27)28/h1-13,26H,(H,27,28)/b12-7+. The van der Waals surface area contributed by atoms with Crippen LogP contribution >= 0.6 is 22.9 Å². The van der Waals surface area contributed by atoms with Crippen molar-refractivity contribution in [3.63, 3.8) is 0 Å². The number of carbonyl (C=O) groups excluding carboxylic acids is 1. The van der Waals surface area contributed by atoms with Gasteiger partial charge in [0.05, 0.1) is 9.90 Å². The van der Waals surface area contributed by atoms with E-state index in [1.807, 2.05) is 12.1 Å². The van der Waals surface area contributed by atoms with E-state index in [4.69, 9.17) is 16.7 Å². The Morgan fingerprint density at radius 3 is 2.40 bits per heavy atom. The van der Waals surface area contributed by atoms with Gasteiger partial charge in [0.2, 0.25) is 5.78 Å². The number of benzene rings is 3. The van der Waals surface area contributed by atoms with E-state index in [-0.39, 0.29) is 11.5 Å². The van der Waals surface area contributed by atoms with Crippen LogP contribution in [0.25, 0.3) is 27.3 Å². The normalized spacial score (nSPS) is 11.2. The van der Waals surface area contributed by atoms with Gasteiger partial charge in [-0.1, -0.05) is 48.0 Å². The third kappa shape index (κ3) is 3.85. The molecular weight excluding hydrogens is 420 g/mol. The van der Waals surface area contributed by atoms with Crippen LogP contribution in [0.4, 0.5) is 0 Å². The summed E-state index contributed by atoms with van der Waals surface area (Å²) in [6.45, 7) is 0. The van der Waals surface area contributed by atoms with Gasteiger partial charge in [0.1, 0.15) is 5.75 Å². The molecule has 0 bridgehead atoms. The minimum atomic E-state index is -1.02. The molecule has 30 heavy (non-hydrogen) atoms. The predicted molar refractivity (Wildman–Crippen MR) is 120 cm³/mol. The minimum Gasteiger partial charge on any atom is -0.508 e. The number of aliphatic carboxylic acids is 1. The van der Waals surface area contributed by atoms with Crippen LogP contribution in [0.5, 0.6) is 5.75 Å². The fourth-order valence-electron chi connectivity index (χ4n) is 3.23. The smallest absolute Gasteiger partial charge is 0.328 e. The number of carbonyl (C=O) groups is 2. The molecule has 0 aliphatic heterocycles. The van der Waals surface area contributed by atoms with Crippen molar-refractivity contribution < 1.29 is 19.8 Å². The molecule has 0 spiro atoms. The van der Waals surface area contributed by atoms with Crippen LogP contribution in [0.15, 0.2) is 72.8 Å². The third-order valence-electron chi connectivity index (χ3n) is 4.62. The van der Waals surface area contributed by atoms with Crippen molar-refractivity contribution in [3.8, 4) is 16.9 Å². The summed E-state index contributed by atoms with van der Waals surface area (Å²) in [6.07, 6.45) is 2.58. The second kappa shape index (κ2) is 8.14. The number of ketones is 1. The van der Waals surface area contributed by atoms with Gasteiger partial charge in [-0.3, -0.25) is 4.79 Å². The summed E-state index contributed by atoms with van der Waals surface area (Å²) in [5, 5.41) is 19.9. The maximum atomic E-state index is 13.3. The Labute approximate surface area is 181 Å². The van der Waals surface area contributed by atoms with Crippen molar-refractivity contribution in [1.29, 1.82) is 0 Å². The number of carboxylic acid groups (broad SMARTS) is 1. The minimum absolute atomic E-state index is 0.126. The van der Waals surface area contributed by atoms with E-state index < -0.39 is 5.97 Å². The average Bonchev–Trinajstić information content (AvgIpc) is 3.11. The molecule has 0 amide bonds. The quantitative estimate of drug-likeness (QED) is 0.287. The molecule has 0 saturated carbocycles. The van der Waals surface area contributed by atoms with E-state index in [0.717, 1.165) is 32.9 Å².